The maximum Gasteiger partial charge on any atom is 0.0487 e. The molecule has 0 bridgehead atoms. The van der Waals surface area contributed by atoms with Crippen LogP contribution in [0.25, 0.3) is 0 Å². The summed E-state index contributed by atoms with van der Waals surface area (Å²) in [6.07, 6.45) is 1.85. The molecule has 0 radical (unpaired) electrons. The van der Waals surface area contributed by atoms with Crippen molar-refractivity contribution in [3.05, 3.63) is 52.0 Å². The van der Waals surface area contributed by atoms with Gasteiger partial charge >= 0.3 is 0 Å². The summed E-state index contributed by atoms with van der Waals surface area (Å²) in [6, 6.07) is 6.08. The zero-order valence-electron chi connectivity index (χ0n) is 9.35. The predicted molar refractivity (Wildman–Crippen MR) is 73.4 cm³/mol. The van der Waals surface area contributed by atoms with Gasteiger partial charge in [-0.05, 0) is 40.9 Å². The van der Waals surface area contributed by atoms with Crippen LogP contribution in [0.1, 0.15) is 34.5 Å². The maximum atomic E-state index is 4.41. The molecule has 0 saturated heterocycles. The highest BCUT2D eigenvalue weighted by molar-refractivity contribution is 9.09. The molecule has 84 valence electrons. The Kier molecular flexibility index (Phi) is 3.77. The molecule has 0 aliphatic heterocycles. The Morgan fingerprint density at radius 2 is 2.12 bits per heavy atom. The van der Waals surface area contributed by atoms with E-state index in [0.717, 1.165) is 5.69 Å². The summed E-state index contributed by atoms with van der Waals surface area (Å²) in [5.41, 5.74) is 3.87. The van der Waals surface area contributed by atoms with Crippen LogP contribution in [0, 0.1) is 6.92 Å². The normalized spacial score (nSPS) is 14.7. The summed E-state index contributed by atoms with van der Waals surface area (Å²) in [7, 11) is 0. The minimum atomic E-state index is 0.341. The van der Waals surface area contributed by atoms with E-state index in [9.17, 15) is 0 Å². The van der Waals surface area contributed by atoms with Gasteiger partial charge in [-0.25, -0.2) is 0 Å². The first kappa shape index (κ1) is 11.8. The first-order valence-corrected chi connectivity index (χ1v) is 7.13. The van der Waals surface area contributed by atoms with Crippen molar-refractivity contribution in [1.29, 1.82) is 0 Å². The second-order valence-corrected chi connectivity index (χ2v) is 5.69. The average Bonchev–Trinajstić information content (AvgIpc) is 2.75. The van der Waals surface area contributed by atoms with Gasteiger partial charge in [0.05, 0.1) is 0 Å². The Balaban J connectivity index is 2.23. The first-order chi connectivity index (χ1) is 7.70. The number of aryl methyl sites for hydroxylation is 1. The van der Waals surface area contributed by atoms with Crippen LogP contribution in [0.2, 0.25) is 0 Å². The van der Waals surface area contributed by atoms with Crippen molar-refractivity contribution in [2.75, 3.05) is 0 Å². The fourth-order valence-corrected chi connectivity index (χ4v) is 3.54. The van der Waals surface area contributed by atoms with Crippen LogP contribution in [0.4, 0.5) is 0 Å². The van der Waals surface area contributed by atoms with Crippen molar-refractivity contribution < 1.29 is 0 Å². The molecular formula is C13H14BrNS. The summed E-state index contributed by atoms with van der Waals surface area (Å²) < 4.78 is 0. The fourth-order valence-electron chi connectivity index (χ4n) is 1.72. The van der Waals surface area contributed by atoms with Gasteiger partial charge < -0.3 is 0 Å². The molecule has 2 unspecified atom stereocenters. The summed E-state index contributed by atoms with van der Waals surface area (Å²) in [4.78, 5) is 4.75. The van der Waals surface area contributed by atoms with E-state index >= 15 is 0 Å². The Morgan fingerprint density at radius 3 is 2.69 bits per heavy atom. The number of rotatable bonds is 3. The van der Waals surface area contributed by atoms with Crippen LogP contribution in [0.5, 0.6) is 0 Å². The molecule has 0 aromatic carbocycles. The zero-order valence-corrected chi connectivity index (χ0v) is 11.8. The Morgan fingerprint density at radius 1 is 1.31 bits per heavy atom. The van der Waals surface area contributed by atoms with Crippen LogP contribution in [0.3, 0.4) is 0 Å². The lowest BCUT2D eigenvalue weighted by Gasteiger charge is -2.17. The van der Waals surface area contributed by atoms with Gasteiger partial charge in [0, 0.05) is 22.6 Å². The van der Waals surface area contributed by atoms with Crippen molar-refractivity contribution in [3.63, 3.8) is 0 Å². The van der Waals surface area contributed by atoms with Crippen molar-refractivity contribution in [3.8, 4) is 0 Å². The predicted octanol–water partition coefficient (Wildman–Crippen LogP) is 4.69. The van der Waals surface area contributed by atoms with E-state index in [4.69, 9.17) is 0 Å². The van der Waals surface area contributed by atoms with Gasteiger partial charge in [0.2, 0.25) is 0 Å². The number of pyridine rings is 1. The van der Waals surface area contributed by atoms with E-state index in [1.807, 2.05) is 18.3 Å². The van der Waals surface area contributed by atoms with E-state index in [0.29, 0.717) is 10.7 Å². The lowest BCUT2D eigenvalue weighted by Crippen LogP contribution is -2.04. The third-order valence-electron chi connectivity index (χ3n) is 2.79. The van der Waals surface area contributed by atoms with E-state index in [1.165, 1.54) is 11.1 Å². The van der Waals surface area contributed by atoms with Crippen LogP contribution < -0.4 is 0 Å². The van der Waals surface area contributed by atoms with E-state index in [1.54, 1.807) is 11.3 Å². The van der Waals surface area contributed by atoms with Gasteiger partial charge in [-0.3, -0.25) is 4.98 Å². The molecule has 0 aliphatic rings. The Hall–Kier alpha value is -0.670. The molecule has 0 spiro atoms. The van der Waals surface area contributed by atoms with Crippen molar-refractivity contribution >= 4 is 27.3 Å². The topological polar surface area (TPSA) is 12.9 Å². The SMILES string of the molecule is Cc1cscc1C(Br)C(C)c1ccccn1. The summed E-state index contributed by atoms with van der Waals surface area (Å²) in [5, 5.41) is 4.41. The van der Waals surface area contributed by atoms with Gasteiger partial charge in [-0.2, -0.15) is 11.3 Å². The maximum absolute atomic E-state index is 4.41. The minimum absolute atomic E-state index is 0.341. The highest BCUT2D eigenvalue weighted by Gasteiger charge is 2.20. The largest absolute Gasteiger partial charge is 0.261 e. The molecule has 0 N–H and O–H groups in total. The van der Waals surface area contributed by atoms with Crippen LogP contribution in [0.15, 0.2) is 35.2 Å². The molecule has 3 heteroatoms. The molecule has 0 fully saturated rings. The van der Waals surface area contributed by atoms with Crippen LogP contribution in [-0.2, 0) is 0 Å². The van der Waals surface area contributed by atoms with Crippen molar-refractivity contribution in [2.45, 2.75) is 24.6 Å². The molecule has 0 saturated carbocycles. The molecule has 2 aromatic rings. The van der Waals surface area contributed by atoms with Gasteiger partial charge in [-0.1, -0.05) is 28.9 Å². The zero-order chi connectivity index (χ0) is 11.5. The summed E-state index contributed by atoms with van der Waals surface area (Å²) in [6.45, 7) is 4.37. The van der Waals surface area contributed by atoms with Crippen molar-refractivity contribution in [1.82, 2.24) is 4.98 Å². The van der Waals surface area contributed by atoms with E-state index < -0.39 is 0 Å². The quantitative estimate of drug-likeness (QED) is 0.749. The summed E-state index contributed by atoms with van der Waals surface area (Å²) >= 11 is 5.54. The number of halogens is 1. The number of nitrogens with zero attached hydrogens (tertiary/aromatic N) is 1. The van der Waals surface area contributed by atoms with Crippen molar-refractivity contribution in [2.24, 2.45) is 0 Å². The fraction of sp³-hybridized carbons (Fsp3) is 0.308. The molecule has 2 aromatic heterocycles. The third kappa shape index (κ3) is 2.36. The average molecular weight is 296 g/mol. The Labute approximate surface area is 109 Å². The monoisotopic (exact) mass is 295 g/mol. The second kappa shape index (κ2) is 5.11. The molecular weight excluding hydrogens is 282 g/mol. The van der Waals surface area contributed by atoms with Gasteiger partial charge in [0.15, 0.2) is 0 Å². The van der Waals surface area contributed by atoms with Gasteiger partial charge in [0.25, 0.3) is 0 Å². The van der Waals surface area contributed by atoms with E-state index in [2.05, 4.69) is 51.6 Å². The Bertz CT molecular complexity index is 452. The minimum Gasteiger partial charge on any atom is -0.261 e. The number of hydrogen-bond donors (Lipinski definition) is 0. The molecule has 0 amide bonds. The molecule has 1 nitrogen and oxygen atoms in total. The lowest BCUT2D eigenvalue weighted by molar-refractivity contribution is 0.723. The number of aromatic nitrogens is 1. The highest BCUT2D eigenvalue weighted by Crippen LogP contribution is 2.39. The van der Waals surface area contributed by atoms with Crippen LogP contribution in [-0.4, -0.2) is 4.98 Å². The highest BCUT2D eigenvalue weighted by atomic mass is 79.9. The molecule has 2 heterocycles. The number of thiophene rings is 1. The van der Waals surface area contributed by atoms with Crippen LogP contribution >= 0.6 is 27.3 Å². The summed E-state index contributed by atoms with van der Waals surface area (Å²) in [5.74, 6) is 0.384. The molecule has 0 aliphatic carbocycles. The number of hydrogen-bond acceptors (Lipinski definition) is 2. The smallest absolute Gasteiger partial charge is 0.0487 e. The first-order valence-electron chi connectivity index (χ1n) is 5.28. The molecule has 16 heavy (non-hydrogen) atoms. The third-order valence-corrected chi connectivity index (χ3v) is 4.95. The standard InChI is InChI=1S/C13H14BrNS/c1-9-7-16-8-11(9)13(14)10(2)12-5-3-4-6-15-12/h3-8,10,13H,1-2H3. The lowest BCUT2D eigenvalue weighted by atomic mass is 9.97. The van der Waals surface area contributed by atoms with E-state index in [-0.39, 0.29) is 0 Å². The number of alkyl halides is 1. The molecule has 2 atom stereocenters. The van der Waals surface area contributed by atoms with Gasteiger partial charge in [-0.15, -0.1) is 0 Å². The second-order valence-electron chi connectivity index (χ2n) is 3.96. The van der Waals surface area contributed by atoms with Gasteiger partial charge in [0.1, 0.15) is 0 Å². The molecule has 2 rings (SSSR count).